The van der Waals surface area contributed by atoms with Crippen LogP contribution in [-0.2, 0) is 40.5 Å². The van der Waals surface area contributed by atoms with Crippen LogP contribution in [0.15, 0.2) is 37.8 Å². The largest absolute Gasteiger partial charge is 0.295 e. The van der Waals surface area contributed by atoms with E-state index in [1.54, 1.807) is 6.07 Å². The molecule has 143 valence electrons. The smallest absolute Gasteiger partial charge is 0.282 e. The van der Waals surface area contributed by atoms with Crippen molar-refractivity contribution in [3.8, 4) is 0 Å². The fourth-order valence-electron chi connectivity index (χ4n) is 1.99. The Hall–Kier alpha value is -1.66. The van der Waals surface area contributed by atoms with E-state index in [-0.39, 0.29) is 6.07 Å². The van der Waals surface area contributed by atoms with Gasteiger partial charge in [-0.05, 0) is 18.2 Å². The quantitative estimate of drug-likeness (QED) is 0.441. The molecule has 0 aromatic heterocycles. The van der Waals surface area contributed by atoms with Gasteiger partial charge in [-0.1, -0.05) is 0 Å². The van der Waals surface area contributed by atoms with Gasteiger partial charge >= 0.3 is 0 Å². The molecule has 0 bridgehead atoms. The summed E-state index contributed by atoms with van der Waals surface area (Å²) in [6, 6.07) is 2.58. The van der Waals surface area contributed by atoms with Crippen LogP contribution in [0.3, 0.4) is 0 Å². The van der Waals surface area contributed by atoms with Gasteiger partial charge in [-0.15, -0.1) is 0 Å². The minimum atomic E-state index is -5.32. The van der Waals surface area contributed by atoms with Gasteiger partial charge in [-0.2, -0.15) is 33.7 Å². The molecule has 16 heteroatoms. The van der Waals surface area contributed by atoms with Crippen LogP contribution in [0.1, 0.15) is 0 Å². The summed E-state index contributed by atoms with van der Waals surface area (Å²) in [6.07, 6.45) is 0. The molecule has 0 saturated carbocycles. The molecule has 0 spiro atoms. The first-order valence-corrected chi connectivity index (χ1v) is 11.6. The van der Waals surface area contributed by atoms with E-state index in [0.29, 0.717) is 12.1 Å². The molecule has 0 atom stereocenters. The van der Waals surface area contributed by atoms with E-state index in [4.69, 9.17) is 9.11 Å². The van der Waals surface area contributed by atoms with Crippen molar-refractivity contribution < 1.29 is 51.9 Å². The summed E-state index contributed by atoms with van der Waals surface area (Å²) >= 11 is 0. The molecule has 26 heavy (non-hydrogen) atoms. The Morgan fingerprint density at radius 3 is 1.54 bits per heavy atom. The van der Waals surface area contributed by atoms with Crippen molar-refractivity contribution in [2.75, 3.05) is 0 Å². The second-order valence-corrected chi connectivity index (χ2v) is 10.3. The minimum Gasteiger partial charge on any atom is -0.282 e. The van der Waals surface area contributed by atoms with Crippen LogP contribution >= 0.6 is 0 Å². The number of benzene rings is 2. The van der Waals surface area contributed by atoms with Crippen molar-refractivity contribution in [2.45, 2.75) is 19.6 Å². The van der Waals surface area contributed by atoms with Gasteiger partial charge in [0.05, 0.1) is 4.90 Å². The van der Waals surface area contributed by atoms with Crippen molar-refractivity contribution in [3.63, 3.8) is 0 Å². The van der Waals surface area contributed by atoms with Crippen molar-refractivity contribution >= 4 is 51.2 Å². The van der Waals surface area contributed by atoms with Crippen molar-refractivity contribution in [1.29, 1.82) is 0 Å². The van der Waals surface area contributed by atoms with Crippen LogP contribution in [0.2, 0.25) is 0 Å². The summed E-state index contributed by atoms with van der Waals surface area (Å²) in [5.41, 5.74) is 0. The molecule has 0 fully saturated rings. The third-order valence-corrected chi connectivity index (χ3v) is 6.32. The first-order chi connectivity index (χ1) is 11.4. The molecule has 0 aliphatic carbocycles. The number of hydrogen-bond donors (Lipinski definition) is 4. The summed E-state index contributed by atoms with van der Waals surface area (Å²) in [7, 11) is -20.9. The van der Waals surface area contributed by atoms with Gasteiger partial charge in [-0.3, -0.25) is 18.2 Å². The molecule has 0 unspecified atom stereocenters. The molecule has 0 saturated heterocycles. The summed E-state index contributed by atoms with van der Waals surface area (Å²) in [6.45, 7) is 0. The molecule has 12 nitrogen and oxygen atoms in total. The van der Waals surface area contributed by atoms with Crippen LogP contribution in [0, 0.1) is 6.07 Å². The van der Waals surface area contributed by atoms with E-state index in [1.807, 2.05) is 0 Å². The molecule has 4 N–H and O–H groups in total. The second-order valence-electron chi connectivity index (χ2n) is 4.75. The lowest BCUT2D eigenvalue weighted by atomic mass is 10.1. The Kier molecular flexibility index (Phi) is 4.71. The summed E-state index contributed by atoms with van der Waals surface area (Å²) in [5, 5.41) is -1.80. The first-order valence-electron chi connectivity index (χ1n) is 5.86. The molecule has 2 rings (SSSR count). The van der Waals surface area contributed by atoms with E-state index in [0.717, 1.165) is 0 Å². The van der Waals surface area contributed by atoms with Gasteiger partial charge in [-0.25, -0.2) is 0 Å². The highest BCUT2D eigenvalue weighted by Crippen LogP contribution is 2.33. The minimum absolute atomic E-state index is 0.217. The normalized spacial score (nSPS) is 13.8. The monoisotopic (exact) mass is 447 g/mol. The summed E-state index contributed by atoms with van der Waals surface area (Å²) < 4.78 is 127. The van der Waals surface area contributed by atoms with Crippen molar-refractivity contribution in [2.24, 2.45) is 0 Å². The topological polar surface area (TPSA) is 217 Å². The highest BCUT2D eigenvalue weighted by Gasteiger charge is 2.27. The first kappa shape index (κ1) is 20.6. The molecular formula is C10H7O12S4. The predicted molar refractivity (Wildman–Crippen MR) is 82.0 cm³/mol. The lowest BCUT2D eigenvalue weighted by Gasteiger charge is -2.11. The Bertz CT molecular complexity index is 1240. The average molecular weight is 447 g/mol. The van der Waals surface area contributed by atoms with Gasteiger partial charge in [0, 0.05) is 16.8 Å². The van der Waals surface area contributed by atoms with E-state index >= 15 is 0 Å². The molecular weight excluding hydrogens is 440 g/mol. The maximum absolute atomic E-state index is 11.5. The van der Waals surface area contributed by atoms with Crippen LogP contribution < -0.4 is 0 Å². The molecule has 0 aliphatic rings. The van der Waals surface area contributed by atoms with Crippen molar-refractivity contribution in [1.82, 2.24) is 0 Å². The van der Waals surface area contributed by atoms with E-state index in [1.165, 1.54) is 0 Å². The average Bonchev–Trinajstić information content (AvgIpc) is 2.40. The summed E-state index contributed by atoms with van der Waals surface area (Å²) in [4.78, 5) is -5.21. The molecule has 0 heterocycles. The Labute approximate surface area is 147 Å². The predicted octanol–water partition coefficient (Wildman–Crippen LogP) is -0.373. The van der Waals surface area contributed by atoms with Gasteiger partial charge in [0.2, 0.25) is 0 Å². The van der Waals surface area contributed by atoms with E-state index in [9.17, 15) is 42.8 Å². The standard InChI is InChI=1S/C10H7O12S4/c11-23(12,13)5-1-7-8(10(3-5)26(20,21)22)2-6(24(14,15)16)4-9(7)25(17,18)19/h1-3H,(H,11,12,13)(H,14,15,16)(H,17,18,19)(H,20,21,22). The maximum Gasteiger partial charge on any atom is 0.295 e. The lowest BCUT2D eigenvalue weighted by Crippen LogP contribution is -2.09. The molecule has 0 amide bonds. The van der Waals surface area contributed by atoms with Crippen LogP contribution in [0.4, 0.5) is 0 Å². The van der Waals surface area contributed by atoms with Gasteiger partial charge in [0.25, 0.3) is 40.5 Å². The highest BCUT2D eigenvalue weighted by atomic mass is 32.2. The molecule has 0 aliphatic heterocycles. The van der Waals surface area contributed by atoms with Crippen LogP contribution in [0.5, 0.6) is 0 Å². The van der Waals surface area contributed by atoms with Crippen molar-refractivity contribution in [3.05, 3.63) is 24.3 Å². The molecule has 2 aromatic carbocycles. The zero-order valence-corrected chi connectivity index (χ0v) is 15.2. The lowest BCUT2D eigenvalue weighted by molar-refractivity contribution is 0.475. The highest BCUT2D eigenvalue weighted by molar-refractivity contribution is 7.87. The Morgan fingerprint density at radius 1 is 0.615 bits per heavy atom. The van der Waals surface area contributed by atoms with Crippen LogP contribution in [-0.4, -0.2) is 51.9 Å². The van der Waals surface area contributed by atoms with Gasteiger partial charge < -0.3 is 0 Å². The zero-order chi connectivity index (χ0) is 20.3. The zero-order valence-electron chi connectivity index (χ0n) is 11.9. The van der Waals surface area contributed by atoms with Gasteiger partial charge in [0.1, 0.15) is 14.7 Å². The maximum atomic E-state index is 11.5. The SMILES string of the molecule is O=S(=O)(O)c1[c]c(S(=O)(=O)O)c2cc(S(=O)(=O)O)cc(S(=O)(=O)O)c2c1. The fraction of sp³-hybridized carbons (Fsp3) is 0. The number of fused-ring (bicyclic) bond motifs is 1. The van der Waals surface area contributed by atoms with E-state index in [2.05, 4.69) is 0 Å². The third kappa shape index (κ3) is 4.01. The fourth-order valence-corrected chi connectivity index (χ4v) is 4.57. The number of hydrogen-bond acceptors (Lipinski definition) is 8. The molecule has 2 aromatic rings. The van der Waals surface area contributed by atoms with E-state index < -0.39 is 70.8 Å². The van der Waals surface area contributed by atoms with Crippen LogP contribution in [0.25, 0.3) is 10.8 Å². The number of rotatable bonds is 4. The molecule has 1 radical (unpaired) electrons. The second kappa shape index (κ2) is 5.92. The summed E-state index contributed by atoms with van der Waals surface area (Å²) in [5.74, 6) is 0. The Balaban J connectivity index is 3.31. The Morgan fingerprint density at radius 2 is 1.15 bits per heavy atom. The third-order valence-electron chi connectivity index (χ3n) is 2.98. The van der Waals surface area contributed by atoms with Gasteiger partial charge in [0.15, 0.2) is 0 Å².